The van der Waals surface area contributed by atoms with Crippen molar-refractivity contribution in [2.45, 2.75) is 32.1 Å². The van der Waals surface area contributed by atoms with Crippen LogP contribution in [0.4, 0.5) is 0 Å². The van der Waals surface area contributed by atoms with Gasteiger partial charge in [-0.15, -0.1) is 0 Å². The number of carbonyl (C=O) groups excluding carboxylic acids is 1. The first-order valence-electron chi connectivity index (χ1n) is 4.58. The van der Waals surface area contributed by atoms with Gasteiger partial charge in [-0.05, 0) is 31.1 Å². The SMILES string of the molecule is NC(=O)[C@H]1CC[C@H]2CCC[C@H]21. The van der Waals surface area contributed by atoms with Gasteiger partial charge < -0.3 is 5.73 Å². The van der Waals surface area contributed by atoms with Crippen LogP contribution in [-0.4, -0.2) is 5.91 Å². The predicted molar refractivity (Wildman–Crippen MR) is 42.7 cm³/mol. The third-order valence-corrected chi connectivity index (χ3v) is 3.45. The van der Waals surface area contributed by atoms with Crippen LogP contribution in [0.5, 0.6) is 0 Å². The number of fused-ring (bicyclic) bond motifs is 1. The van der Waals surface area contributed by atoms with Crippen molar-refractivity contribution < 1.29 is 4.79 Å². The zero-order valence-corrected chi connectivity index (χ0v) is 6.75. The van der Waals surface area contributed by atoms with Crippen LogP contribution in [0.2, 0.25) is 0 Å². The molecule has 2 aliphatic carbocycles. The quantitative estimate of drug-likeness (QED) is 0.606. The van der Waals surface area contributed by atoms with E-state index >= 15 is 0 Å². The standard InChI is InChI=1S/C9H15NO/c10-9(11)8-5-4-6-2-1-3-7(6)8/h6-8H,1-5H2,(H2,10,11)/t6-,7-,8+/m1/s1. The van der Waals surface area contributed by atoms with E-state index in [1.807, 2.05) is 0 Å². The van der Waals surface area contributed by atoms with Crippen LogP contribution in [-0.2, 0) is 4.79 Å². The Hall–Kier alpha value is -0.530. The summed E-state index contributed by atoms with van der Waals surface area (Å²) in [4.78, 5) is 11.0. The Morgan fingerprint density at radius 1 is 1.18 bits per heavy atom. The molecule has 2 heteroatoms. The molecule has 11 heavy (non-hydrogen) atoms. The van der Waals surface area contributed by atoms with Crippen molar-refractivity contribution in [3.05, 3.63) is 0 Å². The fourth-order valence-corrected chi connectivity index (χ4v) is 2.91. The Balaban J connectivity index is 2.08. The van der Waals surface area contributed by atoms with Crippen LogP contribution < -0.4 is 5.73 Å². The zero-order valence-electron chi connectivity index (χ0n) is 6.75. The first-order chi connectivity index (χ1) is 5.29. The predicted octanol–water partition coefficient (Wildman–Crippen LogP) is 1.30. The van der Waals surface area contributed by atoms with Gasteiger partial charge in [0.05, 0.1) is 0 Å². The summed E-state index contributed by atoms with van der Waals surface area (Å²) in [5.74, 6) is 1.67. The Morgan fingerprint density at radius 3 is 2.73 bits per heavy atom. The highest BCUT2D eigenvalue weighted by atomic mass is 16.1. The van der Waals surface area contributed by atoms with E-state index in [-0.39, 0.29) is 11.8 Å². The molecule has 0 aromatic rings. The number of hydrogen-bond donors (Lipinski definition) is 1. The molecule has 0 spiro atoms. The van der Waals surface area contributed by atoms with Crippen molar-refractivity contribution in [1.29, 1.82) is 0 Å². The van der Waals surface area contributed by atoms with Crippen molar-refractivity contribution in [1.82, 2.24) is 0 Å². The van der Waals surface area contributed by atoms with Crippen LogP contribution in [0.15, 0.2) is 0 Å². The van der Waals surface area contributed by atoms with Gasteiger partial charge in [-0.2, -0.15) is 0 Å². The van der Waals surface area contributed by atoms with Gasteiger partial charge in [0.15, 0.2) is 0 Å². The topological polar surface area (TPSA) is 43.1 Å². The molecule has 2 aliphatic rings. The lowest BCUT2D eigenvalue weighted by Gasteiger charge is -2.13. The molecule has 2 fully saturated rings. The molecule has 0 aromatic heterocycles. The van der Waals surface area contributed by atoms with Crippen molar-refractivity contribution in [2.75, 3.05) is 0 Å². The maximum absolute atomic E-state index is 11.0. The van der Waals surface area contributed by atoms with E-state index in [1.54, 1.807) is 0 Å². The summed E-state index contributed by atoms with van der Waals surface area (Å²) in [5.41, 5.74) is 5.31. The first kappa shape index (κ1) is 7.14. The van der Waals surface area contributed by atoms with Crippen LogP contribution in [0.25, 0.3) is 0 Å². The third-order valence-electron chi connectivity index (χ3n) is 3.45. The monoisotopic (exact) mass is 153 g/mol. The van der Waals surface area contributed by atoms with Crippen molar-refractivity contribution in [2.24, 2.45) is 23.5 Å². The molecule has 0 heterocycles. The molecule has 0 aromatic carbocycles. The van der Waals surface area contributed by atoms with E-state index in [0.29, 0.717) is 5.92 Å². The fraction of sp³-hybridized carbons (Fsp3) is 0.889. The molecular formula is C9H15NO. The Bertz CT molecular complexity index is 178. The number of carbonyl (C=O) groups is 1. The zero-order chi connectivity index (χ0) is 7.84. The smallest absolute Gasteiger partial charge is 0.220 e. The van der Waals surface area contributed by atoms with E-state index < -0.39 is 0 Å². The molecule has 2 saturated carbocycles. The summed E-state index contributed by atoms with van der Waals surface area (Å²) in [6.07, 6.45) is 6.22. The summed E-state index contributed by atoms with van der Waals surface area (Å²) in [6, 6.07) is 0. The highest BCUT2D eigenvalue weighted by Crippen LogP contribution is 2.47. The maximum atomic E-state index is 11.0. The molecule has 0 radical (unpaired) electrons. The number of nitrogens with two attached hydrogens (primary N) is 1. The summed E-state index contributed by atoms with van der Waals surface area (Å²) < 4.78 is 0. The van der Waals surface area contributed by atoms with Crippen molar-refractivity contribution in [3.63, 3.8) is 0 Å². The van der Waals surface area contributed by atoms with Crippen LogP contribution in [0, 0.1) is 17.8 Å². The summed E-state index contributed by atoms with van der Waals surface area (Å²) in [6.45, 7) is 0. The number of amides is 1. The minimum atomic E-state index is -0.0561. The van der Waals surface area contributed by atoms with Crippen molar-refractivity contribution in [3.8, 4) is 0 Å². The van der Waals surface area contributed by atoms with Gasteiger partial charge in [-0.3, -0.25) is 4.79 Å². The highest BCUT2D eigenvalue weighted by molar-refractivity contribution is 5.77. The molecule has 0 unspecified atom stereocenters. The van der Waals surface area contributed by atoms with Crippen LogP contribution in [0.3, 0.4) is 0 Å². The molecule has 62 valence electrons. The molecule has 0 aliphatic heterocycles. The van der Waals surface area contributed by atoms with Gasteiger partial charge in [-0.25, -0.2) is 0 Å². The van der Waals surface area contributed by atoms with Gasteiger partial charge in [0.1, 0.15) is 0 Å². The second kappa shape index (κ2) is 2.50. The summed E-state index contributed by atoms with van der Waals surface area (Å²) in [5, 5.41) is 0. The maximum Gasteiger partial charge on any atom is 0.220 e. The number of primary amides is 1. The van der Waals surface area contributed by atoms with Gasteiger partial charge in [0.25, 0.3) is 0 Å². The lowest BCUT2D eigenvalue weighted by atomic mass is 9.92. The molecule has 0 saturated heterocycles. The second-order valence-corrected chi connectivity index (χ2v) is 3.94. The minimum absolute atomic E-state index is 0.0561. The van der Waals surface area contributed by atoms with Crippen LogP contribution in [0.1, 0.15) is 32.1 Å². The van der Waals surface area contributed by atoms with E-state index in [9.17, 15) is 4.79 Å². The van der Waals surface area contributed by atoms with E-state index in [4.69, 9.17) is 5.73 Å². The van der Waals surface area contributed by atoms with E-state index in [0.717, 1.165) is 12.3 Å². The average molecular weight is 153 g/mol. The normalized spacial score (nSPS) is 42.4. The molecule has 1 amide bonds. The van der Waals surface area contributed by atoms with Crippen LogP contribution >= 0.6 is 0 Å². The largest absolute Gasteiger partial charge is 0.369 e. The Kier molecular flexibility index (Phi) is 1.63. The van der Waals surface area contributed by atoms with Gasteiger partial charge in [0.2, 0.25) is 5.91 Å². The lowest BCUT2D eigenvalue weighted by molar-refractivity contribution is -0.122. The van der Waals surface area contributed by atoms with Gasteiger partial charge >= 0.3 is 0 Å². The second-order valence-electron chi connectivity index (χ2n) is 3.94. The van der Waals surface area contributed by atoms with Gasteiger partial charge in [0, 0.05) is 5.92 Å². The molecular weight excluding hydrogens is 138 g/mol. The highest BCUT2D eigenvalue weighted by Gasteiger charge is 2.41. The van der Waals surface area contributed by atoms with E-state index in [2.05, 4.69) is 0 Å². The third kappa shape index (κ3) is 1.05. The fourth-order valence-electron chi connectivity index (χ4n) is 2.91. The number of hydrogen-bond acceptors (Lipinski definition) is 1. The molecule has 0 bridgehead atoms. The summed E-state index contributed by atoms with van der Waals surface area (Å²) in [7, 11) is 0. The summed E-state index contributed by atoms with van der Waals surface area (Å²) >= 11 is 0. The van der Waals surface area contributed by atoms with E-state index in [1.165, 1.54) is 25.7 Å². The molecule has 2 N–H and O–H groups in total. The van der Waals surface area contributed by atoms with Crippen molar-refractivity contribution >= 4 is 5.91 Å². The number of rotatable bonds is 1. The first-order valence-corrected chi connectivity index (χ1v) is 4.58. The average Bonchev–Trinajstić information content (AvgIpc) is 2.41. The van der Waals surface area contributed by atoms with Gasteiger partial charge in [-0.1, -0.05) is 12.8 Å². The Labute approximate surface area is 67.1 Å². The molecule has 2 nitrogen and oxygen atoms in total. The molecule has 3 atom stereocenters. The molecule has 2 rings (SSSR count). The Morgan fingerprint density at radius 2 is 2.00 bits per heavy atom. The minimum Gasteiger partial charge on any atom is -0.369 e. The lowest BCUT2D eigenvalue weighted by Crippen LogP contribution is -2.26.